The summed E-state index contributed by atoms with van der Waals surface area (Å²) in [5, 5.41) is 7.13. The van der Waals surface area contributed by atoms with Crippen LogP contribution >= 0.6 is 0 Å². The first-order valence-electron chi connectivity index (χ1n) is 10.2. The van der Waals surface area contributed by atoms with Crippen LogP contribution in [0.2, 0.25) is 0 Å². The van der Waals surface area contributed by atoms with Gasteiger partial charge in [-0.1, -0.05) is 54.6 Å². The number of nitrogens with zero attached hydrogens (tertiary/aromatic N) is 4. The molecule has 4 rings (SSSR count). The average Bonchev–Trinajstić information content (AvgIpc) is 3.35. The fourth-order valence-corrected chi connectivity index (χ4v) is 3.44. The normalized spacial score (nSPS) is 12.0. The number of carbonyl (C=O) groups excluding carboxylic acids is 1. The van der Waals surface area contributed by atoms with Gasteiger partial charge in [0.25, 0.3) is 0 Å². The molecule has 0 aliphatic carbocycles. The van der Waals surface area contributed by atoms with Crippen molar-refractivity contribution in [1.82, 2.24) is 19.7 Å². The van der Waals surface area contributed by atoms with E-state index in [0.717, 1.165) is 28.1 Å². The first kappa shape index (κ1) is 20.5. The van der Waals surface area contributed by atoms with Crippen molar-refractivity contribution in [3.8, 4) is 16.8 Å². The topological polar surface area (TPSA) is 63.1 Å². The quantitative estimate of drug-likeness (QED) is 0.484. The number of benzene rings is 3. The Bertz CT molecular complexity index is 1110. The number of nitrogens with one attached hydrogen (secondary N) is 1. The van der Waals surface area contributed by atoms with Gasteiger partial charge in [-0.2, -0.15) is 5.10 Å². The summed E-state index contributed by atoms with van der Waals surface area (Å²) < 4.78 is 1.72. The monoisotopic (exact) mass is 411 g/mol. The largest absolute Gasteiger partial charge is 0.325 e. The molecule has 1 N–H and O–H groups in total. The van der Waals surface area contributed by atoms with Gasteiger partial charge in [0, 0.05) is 11.7 Å². The van der Waals surface area contributed by atoms with Gasteiger partial charge in [0.15, 0.2) is 0 Å². The lowest BCUT2D eigenvalue weighted by atomic mass is 10.1. The minimum absolute atomic E-state index is 0.0407. The summed E-state index contributed by atoms with van der Waals surface area (Å²) in [5.74, 6) is -0.0407. The summed E-state index contributed by atoms with van der Waals surface area (Å²) >= 11 is 0. The van der Waals surface area contributed by atoms with E-state index in [4.69, 9.17) is 0 Å². The molecule has 3 aromatic carbocycles. The van der Waals surface area contributed by atoms with Crippen molar-refractivity contribution in [2.75, 3.05) is 18.9 Å². The molecule has 0 spiro atoms. The van der Waals surface area contributed by atoms with Crippen molar-refractivity contribution in [2.45, 2.75) is 13.0 Å². The van der Waals surface area contributed by atoms with Crippen LogP contribution in [0.25, 0.3) is 16.8 Å². The summed E-state index contributed by atoms with van der Waals surface area (Å²) in [7, 11) is 1.95. The van der Waals surface area contributed by atoms with Gasteiger partial charge in [-0.3, -0.25) is 9.69 Å². The molecular weight excluding hydrogens is 386 g/mol. The van der Waals surface area contributed by atoms with Crippen LogP contribution in [-0.4, -0.2) is 39.2 Å². The summed E-state index contributed by atoms with van der Waals surface area (Å²) in [6.45, 7) is 2.39. The molecule has 1 unspecified atom stereocenters. The first-order valence-corrected chi connectivity index (χ1v) is 10.2. The summed E-state index contributed by atoms with van der Waals surface area (Å²) in [6, 6.07) is 26.3. The van der Waals surface area contributed by atoms with Crippen LogP contribution in [0.4, 0.5) is 5.69 Å². The summed E-state index contributed by atoms with van der Waals surface area (Å²) in [6.07, 6.45) is 3.18. The highest BCUT2D eigenvalue weighted by atomic mass is 16.2. The lowest BCUT2D eigenvalue weighted by molar-refractivity contribution is -0.117. The van der Waals surface area contributed by atoms with Gasteiger partial charge < -0.3 is 5.32 Å². The Labute approximate surface area is 182 Å². The third-order valence-electron chi connectivity index (χ3n) is 5.39. The second-order valence-electron chi connectivity index (χ2n) is 7.51. The second kappa shape index (κ2) is 9.36. The van der Waals surface area contributed by atoms with Gasteiger partial charge in [0.1, 0.15) is 12.7 Å². The van der Waals surface area contributed by atoms with Gasteiger partial charge in [-0.25, -0.2) is 9.67 Å². The molecule has 0 saturated heterocycles. The van der Waals surface area contributed by atoms with E-state index >= 15 is 0 Å². The molecule has 0 fully saturated rings. The van der Waals surface area contributed by atoms with Gasteiger partial charge >= 0.3 is 0 Å². The Morgan fingerprint density at radius 3 is 2.29 bits per heavy atom. The van der Waals surface area contributed by atoms with Crippen molar-refractivity contribution in [3.05, 3.63) is 97.1 Å². The van der Waals surface area contributed by atoms with Gasteiger partial charge in [0.05, 0.1) is 12.2 Å². The Hall–Kier alpha value is -3.77. The molecule has 6 nitrogen and oxygen atoms in total. The molecule has 0 aliphatic heterocycles. The van der Waals surface area contributed by atoms with E-state index in [-0.39, 0.29) is 11.9 Å². The number of aromatic nitrogens is 3. The molecule has 1 atom stereocenters. The predicted octanol–water partition coefficient (Wildman–Crippen LogP) is 4.57. The van der Waals surface area contributed by atoms with E-state index in [9.17, 15) is 4.79 Å². The Morgan fingerprint density at radius 1 is 0.968 bits per heavy atom. The predicted molar refractivity (Wildman–Crippen MR) is 123 cm³/mol. The molecule has 0 saturated carbocycles. The number of hydrogen-bond acceptors (Lipinski definition) is 4. The minimum Gasteiger partial charge on any atom is -0.325 e. The maximum absolute atomic E-state index is 12.6. The molecule has 0 radical (unpaired) electrons. The molecule has 1 amide bonds. The Balaban J connectivity index is 1.33. The number of amides is 1. The van der Waals surface area contributed by atoms with Crippen molar-refractivity contribution in [1.29, 1.82) is 0 Å². The molecule has 31 heavy (non-hydrogen) atoms. The highest BCUT2D eigenvalue weighted by molar-refractivity contribution is 5.92. The smallest absolute Gasteiger partial charge is 0.238 e. The van der Waals surface area contributed by atoms with Crippen LogP contribution in [0.3, 0.4) is 0 Å². The van der Waals surface area contributed by atoms with E-state index in [2.05, 4.69) is 46.6 Å². The van der Waals surface area contributed by atoms with Gasteiger partial charge in [-0.15, -0.1) is 0 Å². The molecule has 1 aromatic heterocycles. The lowest BCUT2D eigenvalue weighted by Crippen LogP contribution is -2.32. The molecule has 4 aromatic rings. The fraction of sp³-hybridized carbons (Fsp3) is 0.160. The van der Waals surface area contributed by atoms with Crippen molar-refractivity contribution >= 4 is 11.6 Å². The SMILES string of the molecule is CC(c1ccc(-n2cncn2)cc1)N(C)CC(=O)Nc1ccc(-c2ccccc2)cc1. The number of hydrogen-bond donors (Lipinski definition) is 1. The minimum atomic E-state index is -0.0407. The lowest BCUT2D eigenvalue weighted by Gasteiger charge is -2.24. The van der Waals surface area contributed by atoms with E-state index < -0.39 is 0 Å². The maximum Gasteiger partial charge on any atom is 0.238 e. The van der Waals surface area contributed by atoms with Crippen molar-refractivity contribution < 1.29 is 4.79 Å². The van der Waals surface area contributed by atoms with Crippen molar-refractivity contribution in [3.63, 3.8) is 0 Å². The van der Waals surface area contributed by atoms with Gasteiger partial charge in [-0.05, 0) is 54.9 Å². The Kier molecular flexibility index (Phi) is 6.19. The fourth-order valence-electron chi connectivity index (χ4n) is 3.44. The maximum atomic E-state index is 12.6. The first-order chi connectivity index (χ1) is 15.1. The highest BCUT2D eigenvalue weighted by Crippen LogP contribution is 2.22. The van der Waals surface area contributed by atoms with Crippen LogP contribution in [-0.2, 0) is 4.79 Å². The highest BCUT2D eigenvalue weighted by Gasteiger charge is 2.15. The molecule has 0 bridgehead atoms. The number of anilines is 1. The average molecular weight is 412 g/mol. The van der Waals surface area contributed by atoms with E-state index in [1.807, 2.05) is 66.5 Å². The standard InChI is InChI=1S/C25H25N5O/c1-19(20-10-14-24(15-11-20)30-18-26-17-27-30)29(2)16-25(31)28-23-12-8-22(9-13-23)21-6-4-3-5-7-21/h3-15,17-19H,16H2,1-2H3,(H,28,31). The summed E-state index contributed by atoms with van der Waals surface area (Å²) in [4.78, 5) is 18.5. The number of likely N-dealkylation sites (N-methyl/N-ethyl adjacent to an activating group) is 1. The number of carbonyl (C=O) groups is 1. The molecule has 156 valence electrons. The molecular formula is C25H25N5O. The Morgan fingerprint density at radius 2 is 1.65 bits per heavy atom. The third kappa shape index (κ3) is 5.05. The number of rotatable bonds is 7. The van der Waals surface area contributed by atoms with Crippen molar-refractivity contribution in [2.24, 2.45) is 0 Å². The van der Waals surface area contributed by atoms with E-state index in [1.54, 1.807) is 11.0 Å². The zero-order valence-corrected chi connectivity index (χ0v) is 17.6. The summed E-state index contributed by atoms with van der Waals surface area (Å²) in [5.41, 5.74) is 5.16. The van der Waals surface area contributed by atoms with E-state index in [1.165, 1.54) is 6.33 Å². The van der Waals surface area contributed by atoms with Crippen LogP contribution in [0.15, 0.2) is 91.5 Å². The zero-order chi connectivity index (χ0) is 21.6. The molecule has 1 heterocycles. The van der Waals surface area contributed by atoms with Crippen LogP contribution in [0.5, 0.6) is 0 Å². The van der Waals surface area contributed by atoms with Gasteiger partial charge in [0.2, 0.25) is 5.91 Å². The third-order valence-corrected chi connectivity index (χ3v) is 5.39. The van der Waals surface area contributed by atoms with Crippen LogP contribution < -0.4 is 5.32 Å². The van der Waals surface area contributed by atoms with E-state index in [0.29, 0.717) is 6.54 Å². The molecule has 0 aliphatic rings. The van der Waals surface area contributed by atoms with Crippen LogP contribution in [0, 0.1) is 0 Å². The van der Waals surface area contributed by atoms with Crippen LogP contribution in [0.1, 0.15) is 18.5 Å². The second-order valence-corrected chi connectivity index (χ2v) is 7.51. The molecule has 6 heteroatoms. The zero-order valence-electron chi connectivity index (χ0n) is 17.6.